The third kappa shape index (κ3) is 5.23. The van der Waals surface area contributed by atoms with Gasteiger partial charge in [0.2, 0.25) is 0 Å². The Morgan fingerprint density at radius 2 is 1.81 bits per heavy atom. The van der Waals surface area contributed by atoms with E-state index in [0.29, 0.717) is 0 Å². The summed E-state index contributed by atoms with van der Waals surface area (Å²) in [6.07, 6.45) is -4.61. The van der Waals surface area contributed by atoms with Crippen LogP contribution in [-0.4, -0.2) is 33.2 Å². The Bertz CT molecular complexity index is 947. The molecule has 0 atom stereocenters. The van der Waals surface area contributed by atoms with Crippen LogP contribution in [0.5, 0.6) is 11.5 Å². The number of nitro groups is 1. The van der Waals surface area contributed by atoms with Crippen LogP contribution in [0.1, 0.15) is 0 Å². The quantitative estimate of drug-likeness (QED) is 0.558. The van der Waals surface area contributed by atoms with Crippen LogP contribution in [0.2, 0.25) is 0 Å². The summed E-state index contributed by atoms with van der Waals surface area (Å²) >= 11 is 0. The summed E-state index contributed by atoms with van der Waals surface area (Å²) in [7, 11) is -3.16. The summed E-state index contributed by atoms with van der Waals surface area (Å²) in [5.41, 5.74) is -0.831. The number of rotatable bonds is 7. The molecule has 2 aromatic rings. The second-order valence-corrected chi connectivity index (χ2v) is 6.78. The third-order valence-electron chi connectivity index (χ3n) is 3.18. The molecule has 0 aromatic heterocycles. The average molecular weight is 406 g/mol. The van der Waals surface area contributed by atoms with Gasteiger partial charge in [0.15, 0.2) is 12.4 Å². The highest BCUT2D eigenvalue weighted by Gasteiger charge is 2.29. The van der Waals surface area contributed by atoms with Gasteiger partial charge in [0.05, 0.1) is 22.6 Å². The van der Waals surface area contributed by atoms with Gasteiger partial charge in [-0.15, -0.1) is 0 Å². The highest BCUT2D eigenvalue weighted by atomic mass is 32.2. The van der Waals surface area contributed by atoms with E-state index in [1.807, 2.05) is 0 Å². The first-order chi connectivity index (χ1) is 12.5. The molecular weight excluding hydrogens is 393 g/mol. The minimum absolute atomic E-state index is 0.145. The maximum absolute atomic E-state index is 12.5. The first-order valence-electron chi connectivity index (χ1n) is 7.17. The van der Waals surface area contributed by atoms with Crippen molar-refractivity contribution in [2.24, 2.45) is 0 Å². The van der Waals surface area contributed by atoms with E-state index in [1.54, 1.807) is 0 Å². The van der Waals surface area contributed by atoms with Crippen molar-refractivity contribution in [2.75, 3.05) is 18.4 Å². The van der Waals surface area contributed by atoms with Crippen LogP contribution >= 0.6 is 0 Å². The molecule has 0 spiro atoms. The summed E-state index contributed by atoms with van der Waals surface area (Å²) in [5.74, 6) is -0.491. The molecule has 0 aliphatic heterocycles. The first kappa shape index (κ1) is 20.3. The second kappa shape index (κ2) is 7.70. The second-order valence-electron chi connectivity index (χ2n) is 5.10. The lowest BCUT2D eigenvalue weighted by atomic mass is 10.3. The van der Waals surface area contributed by atoms with E-state index in [1.165, 1.54) is 25.3 Å². The number of para-hydroxylation sites is 2. The molecular formula is C15H13F3N2O6S. The van der Waals surface area contributed by atoms with Crippen molar-refractivity contribution in [3.05, 3.63) is 52.6 Å². The maximum Gasteiger partial charge on any atom is 0.422 e. The van der Waals surface area contributed by atoms with Gasteiger partial charge >= 0.3 is 11.9 Å². The van der Waals surface area contributed by atoms with Gasteiger partial charge < -0.3 is 9.47 Å². The molecule has 1 N–H and O–H groups in total. The number of hydrogen-bond acceptors (Lipinski definition) is 6. The fourth-order valence-corrected chi connectivity index (χ4v) is 3.11. The van der Waals surface area contributed by atoms with Crippen molar-refractivity contribution in [2.45, 2.75) is 11.1 Å². The monoisotopic (exact) mass is 406 g/mol. The number of hydrogen-bond donors (Lipinski definition) is 1. The minimum atomic E-state index is -4.61. The Morgan fingerprint density at radius 1 is 1.15 bits per heavy atom. The smallest absolute Gasteiger partial charge is 0.422 e. The van der Waals surface area contributed by atoms with Crippen LogP contribution in [0, 0.1) is 10.1 Å². The Balaban J connectivity index is 2.35. The Hall–Kier alpha value is -3.02. The molecule has 0 amide bonds. The molecule has 0 saturated carbocycles. The molecule has 12 heteroatoms. The number of alkyl halides is 3. The molecule has 0 aliphatic carbocycles. The fourth-order valence-electron chi connectivity index (χ4n) is 2.02. The molecule has 0 radical (unpaired) electrons. The molecule has 0 bridgehead atoms. The van der Waals surface area contributed by atoms with E-state index < -0.39 is 38.3 Å². The predicted octanol–water partition coefficient (Wildman–Crippen LogP) is 3.35. The van der Waals surface area contributed by atoms with Crippen LogP contribution in [0.3, 0.4) is 0 Å². The van der Waals surface area contributed by atoms with Crippen LogP contribution in [-0.2, 0) is 10.0 Å². The van der Waals surface area contributed by atoms with Gasteiger partial charge in [0.1, 0.15) is 5.75 Å². The van der Waals surface area contributed by atoms with Gasteiger partial charge in [-0.05, 0) is 24.3 Å². The van der Waals surface area contributed by atoms with E-state index in [9.17, 15) is 31.7 Å². The minimum Gasteiger partial charge on any atom is -0.490 e. The largest absolute Gasteiger partial charge is 0.490 e. The first-order valence-corrected chi connectivity index (χ1v) is 8.65. The molecule has 0 aliphatic rings. The van der Waals surface area contributed by atoms with Gasteiger partial charge in [-0.3, -0.25) is 14.8 Å². The van der Waals surface area contributed by atoms with Gasteiger partial charge in [-0.2, -0.15) is 13.2 Å². The van der Waals surface area contributed by atoms with E-state index >= 15 is 0 Å². The van der Waals surface area contributed by atoms with Crippen LogP contribution in [0.25, 0.3) is 0 Å². The standard InChI is InChI=1S/C15H13F3N2O6S/c1-25-14-7-6-10(8-12(14)20(21)22)27(23,24)19-11-4-2-3-5-13(11)26-9-15(16,17)18/h2-8,19H,9H2,1H3. The van der Waals surface area contributed by atoms with E-state index in [4.69, 9.17) is 4.74 Å². The fraction of sp³-hybridized carbons (Fsp3) is 0.200. The van der Waals surface area contributed by atoms with Crippen molar-refractivity contribution < 1.29 is 36.0 Å². The predicted molar refractivity (Wildman–Crippen MR) is 88.4 cm³/mol. The number of halogens is 3. The molecule has 2 aromatic carbocycles. The zero-order chi connectivity index (χ0) is 20.2. The number of sulfonamides is 1. The summed E-state index contributed by atoms with van der Waals surface area (Å²) in [6.45, 7) is -1.61. The molecule has 27 heavy (non-hydrogen) atoms. The van der Waals surface area contributed by atoms with Gasteiger partial charge in [0, 0.05) is 6.07 Å². The van der Waals surface area contributed by atoms with Gasteiger partial charge in [-0.1, -0.05) is 12.1 Å². The number of benzene rings is 2. The summed E-state index contributed by atoms with van der Waals surface area (Å²) in [6, 6.07) is 8.03. The van der Waals surface area contributed by atoms with E-state index in [2.05, 4.69) is 9.46 Å². The number of nitrogens with one attached hydrogen (secondary N) is 1. The van der Waals surface area contributed by atoms with Crippen LogP contribution in [0.4, 0.5) is 24.5 Å². The zero-order valence-electron chi connectivity index (χ0n) is 13.7. The third-order valence-corrected chi connectivity index (χ3v) is 4.54. The SMILES string of the molecule is COc1ccc(S(=O)(=O)Nc2ccccc2OCC(F)(F)F)cc1[N+](=O)[O-]. The lowest BCUT2D eigenvalue weighted by molar-refractivity contribution is -0.386. The van der Waals surface area contributed by atoms with Crippen molar-refractivity contribution in [1.82, 2.24) is 0 Å². The van der Waals surface area contributed by atoms with Gasteiger partial charge in [0.25, 0.3) is 10.0 Å². The highest BCUT2D eigenvalue weighted by molar-refractivity contribution is 7.92. The summed E-state index contributed by atoms with van der Waals surface area (Å²) in [4.78, 5) is 9.74. The normalized spacial score (nSPS) is 11.7. The molecule has 146 valence electrons. The number of ether oxygens (including phenoxy) is 2. The van der Waals surface area contributed by atoms with Crippen molar-refractivity contribution >= 4 is 21.4 Å². The molecule has 0 heterocycles. The van der Waals surface area contributed by atoms with Crippen molar-refractivity contribution in [3.8, 4) is 11.5 Å². The van der Waals surface area contributed by atoms with Gasteiger partial charge in [-0.25, -0.2) is 8.42 Å². The molecule has 0 unspecified atom stereocenters. The van der Waals surface area contributed by atoms with Crippen molar-refractivity contribution in [3.63, 3.8) is 0 Å². The number of nitro benzene ring substituents is 1. The highest BCUT2D eigenvalue weighted by Crippen LogP contribution is 2.32. The van der Waals surface area contributed by atoms with E-state index in [0.717, 1.165) is 24.3 Å². The average Bonchev–Trinajstić information content (AvgIpc) is 2.59. The zero-order valence-corrected chi connectivity index (χ0v) is 14.5. The Labute approximate surface area is 151 Å². The van der Waals surface area contributed by atoms with Crippen LogP contribution < -0.4 is 14.2 Å². The molecule has 0 saturated heterocycles. The number of nitrogens with zero attached hydrogens (tertiary/aromatic N) is 1. The summed E-state index contributed by atoms with van der Waals surface area (Å²) < 4.78 is 73.4. The summed E-state index contributed by atoms with van der Waals surface area (Å²) in [5, 5.41) is 11.0. The maximum atomic E-state index is 12.5. The van der Waals surface area contributed by atoms with Crippen molar-refractivity contribution in [1.29, 1.82) is 0 Å². The molecule has 0 fully saturated rings. The number of methoxy groups -OCH3 is 1. The van der Waals surface area contributed by atoms with E-state index in [-0.39, 0.29) is 17.2 Å². The number of anilines is 1. The molecule has 2 rings (SSSR count). The topological polar surface area (TPSA) is 108 Å². The lowest BCUT2D eigenvalue weighted by Crippen LogP contribution is -2.20. The van der Waals surface area contributed by atoms with Crippen LogP contribution in [0.15, 0.2) is 47.4 Å². The Morgan fingerprint density at radius 3 is 2.41 bits per heavy atom. The molecule has 8 nitrogen and oxygen atoms in total. The lowest BCUT2D eigenvalue weighted by Gasteiger charge is -2.14. The Kier molecular flexibility index (Phi) is 5.78.